The van der Waals surface area contributed by atoms with E-state index in [1.54, 1.807) is 11.4 Å². The van der Waals surface area contributed by atoms with Crippen LogP contribution in [0.3, 0.4) is 0 Å². The van der Waals surface area contributed by atoms with E-state index in [-0.39, 0.29) is 5.56 Å². The fourth-order valence-electron chi connectivity index (χ4n) is 2.12. The van der Waals surface area contributed by atoms with Crippen molar-refractivity contribution in [3.8, 4) is 0 Å². The molecular weight excluding hydrogens is 226 g/mol. The lowest BCUT2D eigenvalue weighted by atomic mass is 9.91. The average Bonchev–Trinajstić information content (AvgIpc) is 2.64. The molecule has 2 heterocycles. The zero-order valence-corrected chi connectivity index (χ0v) is 9.72. The van der Waals surface area contributed by atoms with Gasteiger partial charge in [0, 0.05) is 0 Å². The molecule has 5 heteroatoms. The predicted octanol–water partition coefficient (Wildman–Crippen LogP) is 1.41. The molecule has 2 rings (SSSR count). The van der Waals surface area contributed by atoms with Crippen molar-refractivity contribution in [2.75, 3.05) is 13.1 Å². The minimum absolute atomic E-state index is 0.245. The summed E-state index contributed by atoms with van der Waals surface area (Å²) >= 11 is 1.33. The Morgan fingerprint density at radius 3 is 3.00 bits per heavy atom. The number of carboxylic acids is 1. The van der Waals surface area contributed by atoms with Gasteiger partial charge in [-0.3, -0.25) is 0 Å². The van der Waals surface area contributed by atoms with Gasteiger partial charge in [-0.2, -0.15) is 0 Å². The Balaban J connectivity index is 2.33. The van der Waals surface area contributed by atoms with Crippen LogP contribution >= 0.6 is 11.3 Å². The van der Waals surface area contributed by atoms with E-state index in [0.717, 1.165) is 19.5 Å². The third-order valence-electron chi connectivity index (χ3n) is 2.98. The molecule has 0 saturated carbocycles. The number of nitrogens with one attached hydrogen (secondary N) is 1. The Labute approximate surface area is 97.9 Å². The highest BCUT2D eigenvalue weighted by Crippen LogP contribution is 2.36. The topological polar surface area (TPSA) is 69.6 Å². The van der Waals surface area contributed by atoms with Crippen molar-refractivity contribution in [3.63, 3.8) is 0 Å². The van der Waals surface area contributed by atoms with E-state index in [4.69, 9.17) is 5.11 Å². The second-order valence-electron chi connectivity index (χ2n) is 4.10. The molecule has 88 valence electrons. The molecule has 1 aromatic rings. The molecule has 4 nitrogen and oxygen atoms in total. The smallest absolute Gasteiger partial charge is 0.336 e. The van der Waals surface area contributed by atoms with Gasteiger partial charge >= 0.3 is 5.97 Å². The van der Waals surface area contributed by atoms with Crippen LogP contribution in [0.1, 0.15) is 34.5 Å². The molecule has 0 radical (unpaired) electrons. The van der Waals surface area contributed by atoms with Gasteiger partial charge in [-0.25, -0.2) is 4.79 Å². The summed E-state index contributed by atoms with van der Waals surface area (Å²) in [6.07, 6.45) is 2.07. The van der Waals surface area contributed by atoms with Gasteiger partial charge in [0.05, 0.1) is 10.4 Å². The second-order valence-corrected chi connectivity index (χ2v) is 5.02. The molecule has 1 atom stereocenters. The summed E-state index contributed by atoms with van der Waals surface area (Å²) in [5, 5.41) is 24.5. The standard InChI is InChI=1S/C11H15NO3S/c13-10(14)8-2-7-16-9(8)11(15)3-1-5-12-6-4-11/h2,7,12,15H,1,3-6H2,(H,13,14). The maximum Gasteiger partial charge on any atom is 0.336 e. The lowest BCUT2D eigenvalue weighted by molar-refractivity contribution is 0.0256. The number of rotatable bonds is 2. The van der Waals surface area contributed by atoms with Crippen molar-refractivity contribution in [3.05, 3.63) is 21.9 Å². The highest BCUT2D eigenvalue weighted by Gasteiger charge is 2.34. The second kappa shape index (κ2) is 4.53. The Morgan fingerprint density at radius 1 is 1.44 bits per heavy atom. The molecule has 0 bridgehead atoms. The summed E-state index contributed by atoms with van der Waals surface area (Å²) in [5.41, 5.74) is -0.722. The third-order valence-corrected chi connectivity index (χ3v) is 4.09. The molecule has 16 heavy (non-hydrogen) atoms. The highest BCUT2D eigenvalue weighted by molar-refractivity contribution is 7.10. The van der Waals surface area contributed by atoms with Gasteiger partial charge in [0.1, 0.15) is 5.60 Å². The number of thiophene rings is 1. The first-order chi connectivity index (χ1) is 7.63. The summed E-state index contributed by atoms with van der Waals surface area (Å²) in [5.74, 6) is -0.957. The van der Waals surface area contributed by atoms with Crippen molar-refractivity contribution in [2.45, 2.75) is 24.9 Å². The number of carbonyl (C=O) groups is 1. The maximum absolute atomic E-state index is 11.0. The van der Waals surface area contributed by atoms with Crippen LogP contribution in [-0.4, -0.2) is 29.3 Å². The highest BCUT2D eigenvalue weighted by atomic mass is 32.1. The number of carboxylic acid groups (broad SMARTS) is 1. The molecule has 1 unspecified atom stereocenters. The molecule has 1 saturated heterocycles. The van der Waals surface area contributed by atoms with Crippen LogP contribution in [0.4, 0.5) is 0 Å². The summed E-state index contributed by atoms with van der Waals surface area (Å²) < 4.78 is 0. The average molecular weight is 241 g/mol. The Hall–Kier alpha value is -0.910. The van der Waals surface area contributed by atoms with E-state index in [0.29, 0.717) is 17.7 Å². The number of hydrogen-bond donors (Lipinski definition) is 3. The largest absolute Gasteiger partial charge is 0.478 e. The van der Waals surface area contributed by atoms with Crippen LogP contribution in [-0.2, 0) is 5.60 Å². The van der Waals surface area contributed by atoms with E-state index >= 15 is 0 Å². The quantitative estimate of drug-likeness (QED) is 0.732. The van der Waals surface area contributed by atoms with Crippen LogP contribution in [0.15, 0.2) is 11.4 Å². The first kappa shape index (κ1) is 11.6. The molecule has 1 fully saturated rings. The SMILES string of the molecule is O=C(O)c1ccsc1C1(O)CCCNCC1. The molecule has 0 amide bonds. The van der Waals surface area contributed by atoms with Crippen LogP contribution < -0.4 is 5.32 Å². The molecular formula is C11H15NO3S. The van der Waals surface area contributed by atoms with Gasteiger partial charge in [-0.1, -0.05) is 0 Å². The van der Waals surface area contributed by atoms with Gasteiger partial charge in [0.25, 0.3) is 0 Å². The Bertz CT molecular complexity index is 380. The van der Waals surface area contributed by atoms with E-state index in [2.05, 4.69) is 5.32 Å². The fourth-order valence-corrected chi connectivity index (χ4v) is 3.16. The van der Waals surface area contributed by atoms with E-state index < -0.39 is 11.6 Å². The minimum Gasteiger partial charge on any atom is -0.478 e. The van der Waals surface area contributed by atoms with Gasteiger partial charge in [-0.05, 0) is 43.8 Å². The van der Waals surface area contributed by atoms with Gasteiger partial charge in [-0.15, -0.1) is 11.3 Å². The molecule has 1 aliphatic rings. The van der Waals surface area contributed by atoms with Crippen LogP contribution in [0.5, 0.6) is 0 Å². The number of hydrogen-bond acceptors (Lipinski definition) is 4. The molecule has 1 aliphatic heterocycles. The van der Waals surface area contributed by atoms with E-state index in [1.165, 1.54) is 11.3 Å². The zero-order valence-electron chi connectivity index (χ0n) is 8.90. The van der Waals surface area contributed by atoms with Gasteiger partial charge in [0.15, 0.2) is 0 Å². The summed E-state index contributed by atoms with van der Waals surface area (Å²) in [6.45, 7) is 1.61. The van der Waals surface area contributed by atoms with Crippen LogP contribution in [0, 0.1) is 0 Å². The number of aliphatic hydroxyl groups is 1. The van der Waals surface area contributed by atoms with Gasteiger partial charge < -0.3 is 15.5 Å². The fraction of sp³-hybridized carbons (Fsp3) is 0.545. The molecule has 0 aromatic carbocycles. The normalized spacial score (nSPS) is 26.3. The van der Waals surface area contributed by atoms with E-state index in [9.17, 15) is 9.90 Å². The summed E-state index contributed by atoms with van der Waals surface area (Å²) in [4.78, 5) is 11.6. The molecule has 3 N–H and O–H groups in total. The van der Waals surface area contributed by atoms with Crippen molar-refractivity contribution < 1.29 is 15.0 Å². The van der Waals surface area contributed by atoms with E-state index in [1.807, 2.05) is 0 Å². The third kappa shape index (κ3) is 2.11. The lowest BCUT2D eigenvalue weighted by Crippen LogP contribution is -2.27. The Morgan fingerprint density at radius 2 is 2.25 bits per heavy atom. The predicted molar refractivity (Wildman–Crippen MR) is 61.9 cm³/mol. The molecule has 1 aromatic heterocycles. The Kier molecular flexibility index (Phi) is 3.28. The summed E-state index contributed by atoms with van der Waals surface area (Å²) in [6, 6.07) is 1.57. The zero-order chi connectivity index (χ0) is 11.6. The van der Waals surface area contributed by atoms with Crippen molar-refractivity contribution >= 4 is 17.3 Å². The maximum atomic E-state index is 11.0. The lowest BCUT2D eigenvalue weighted by Gasteiger charge is -2.25. The number of aromatic carboxylic acids is 1. The monoisotopic (exact) mass is 241 g/mol. The van der Waals surface area contributed by atoms with Crippen molar-refractivity contribution in [1.29, 1.82) is 0 Å². The minimum atomic E-state index is -0.967. The van der Waals surface area contributed by atoms with Gasteiger partial charge in [0.2, 0.25) is 0 Å². The van der Waals surface area contributed by atoms with Crippen molar-refractivity contribution in [1.82, 2.24) is 5.32 Å². The first-order valence-corrected chi connectivity index (χ1v) is 6.26. The van der Waals surface area contributed by atoms with Crippen LogP contribution in [0.2, 0.25) is 0 Å². The van der Waals surface area contributed by atoms with Crippen molar-refractivity contribution in [2.24, 2.45) is 0 Å². The first-order valence-electron chi connectivity index (χ1n) is 5.38. The molecule has 0 spiro atoms. The van der Waals surface area contributed by atoms with Crippen LogP contribution in [0.25, 0.3) is 0 Å². The summed E-state index contributed by atoms with van der Waals surface area (Å²) in [7, 11) is 0. The molecule has 0 aliphatic carbocycles.